The maximum absolute atomic E-state index is 13.7. The van der Waals surface area contributed by atoms with Gasteiger partial charge in [0.25, 0.3) is 5.91 Å². The van der Waals surface area contributed by atoms with E-state index in [2.05, 4.69) is 5.32 Å². The van der Waals surface area contributed by atoms with E-state index in [9.17, 15) is 9.18 Å². The van der Waals surface area contributed by atoms with Gasteiger partial charge >= 0.3 is 0 Å². The van der Waals surface area contributed by atoms with Gasteiger partial charge in [0.2, 0.25) is 0 Å². The van der Waals surface area contributed by atoms with Gasteiger partial charge in [-0.3, -0.25) is 4.79 Å². The second-order valence-corrected chi connectivity index (χ2v) is 5.11. The number of carbonyl (C=O) groups is 1. The molecule has 2 nitrogen and oxygen atoms in total. The van der Waals surface area contributed by atoms with Gasteiger partial charge in [-0.05, 0) is 31.5 Å². The quantitative estimate of drug-likeness (QED) is 0.898. The number of amides is 1. The van der Waals surface area contributed by atoms with E-state index in [4.69, 9.17) is 11.6 Å². The zero-order chi connectivity index (χ0) is 14.7. The minimum Gasteiger partial charge on any atom is -0.345 e. The SMILES string of the molecule is Cc1ccc(C(C)NC(=O)c2c(F)cccc2Cl)cc1. The monoisotopic (exact) mass is 291 g/mol. The second kappa shape index (κ2) is 6.06. The summed E-state index contributed by atoms with van der Waals surface area (Å²) in [4.78, 5) is 12.1. The van der Waals surface area contributed by atoms with Crippen LogP contribution in [0.1, 0.15) is 34.5 Å². The zero-order valence-corrected chi connectivity index (χ0v) is 12.0. The van der Waals surface area contributed by atoms with Crippen molar-refractivity contribution in [3.63, 3.8) is 0 Å². The van der Waals surface area contributed by atoms with Gasteiger partial charge in [0.05, 0.1) is 16.6 Å². The summed E-state index contributed by atoms with van der Waals surface area (Å²) in [6.07, 6.45) is 0. The van der Waals surface area contributed by atoms with Gasteiger partial charge in [-0.2, -0.15) is 0 Å². The highest BCUT2D eigenvalue weighted by Crippen LogP contribution is 2.20. The molecule has 0 aliphatic rings. The molecular formula is C16H15ClFNO. The first kappa shape index (κ1) is 14.5. The van der Waals surface area contributed by atoms with E-state index in [1.165, 1.54) is 18.2 Å². The molecule has 20 heavy (non-hydrogen) atoms. The molecule has 4 heteroatoms. The lowest BCUT2D eigenvalue weighted by molar-refractivity contribution is 0.0936. The molecule has 1 N–H and O–H groups in total. The highest BCUT2D eigenvalue weighted by Gasteiger charge is 2.18. The third-order valence-corrected chi connectivity index (χ3v) is 3.43. The predicted molar refractivity (Wildman–Crippen MR) is 78.5 cm³/mol. The minimum absolute atomic E-state index is 0.110. The Bertz CT molecular complexity index is 605. The highest BCUT2D eigenvalue weighted by atomic mass is 35.5. The van der Waals surface area contributed by atoms with E-state index in [1.807, 2.05) is 38.1 Å². The molecule has 0 bridgehead atoms. The number of benzene rings is 2. The summed E-state index contributed by atoms with van der Waals surface area (Å²) in [5.41, 5.74) is 1.98. The number of rotatable bonds is 3. The van der Waals surface area contributed by atoms with Gasteiger partial charge in [-0.1, -0.05) is 47.5 Å². The van der Waals surface area contributed by atoms with Gasteiger partial charge in [-0.25, -0.2) is 4.39 Å². The highest BCUT2D eigenvalue weighted by molar-refractivity contribution is 6.33. The van der Waals surface area contributed by atoms with Crippen LogP contribution in [0.3, 0.4) is 0 Å². The molecule has 0 radical (unpaired) electrons. The van der Waals surface area contributed by atoms with Crippen LogP contribution in [0, 0.1) is 12.7 Å². The van der Waals surface area contributed by atoms with E-state index in [0.717, 1.165) is 11.1 Å². The van der Waals surface area contributed by atoms with Gasteiger partial charge < -0.3 is 5.32 Å². The third-order valence-electron chi connectivity index (χ3n) is 3.11. The van der Waals surface area contributed by atoms with Crippen molar-refractivity contribution in [3.8, 4) is 0 Å². The fourth-order valence-corrected chi connectivity index (χ4v) is 2.17. The summed E-state index contributed by atoms with van der Waals surface area (Å²) in [5, 5.41) is 2.86. The zero-order valence-electron chi connectivity index (χ0n) is 11.3. The molecule has 0 spiro atoms. The Kier molecular flexibility index (Phi) is 4.40. The average Bonchev–Trinajstić information content (AvgIpc) is 2.39. The largest absolute Gasteiger partial charge is 0.345 e. The van der Waals surface area contributed by atoms with Crippen LogP contribution < -0.4 is 5.32 Å². The van der Waals surface area contributed by atoms with Crippen LogP contribution in [0.5, 0.6) is 0 Å². The van der Waals surface area contributed by atoms with Crippen molar-refractivity contribution in [2.45, 2.75) is 19.9 Å². The molecule has 1 atom stereocenters. The van der Waals surface area contributed by atoms with E-state index in [0.29, 0.717) is 0 Å². The Labute approximate surface area is 122 Å². The van der Waals surface area contributed by atoms with Crippen LogP contribution in [0.2, 0.25) is 5.02 Å². The average molecular weight is 292 g/mol. The molecule has 2 aromatic carbocycles. The van der Waals surface area contributed by atoms with Crippen LogP contribution in [-0.4, -0.2) is 5.91 Å². The van der Waals surface area contributed by atoms with Crippen LogP contribution in [0.4, 0.5) is 4.39 Å². The number of aryl methyl sites for hydroxylation is 1. The van der Waals surface area contributed by atoms with Gasteiger partial charge in [0.1, 0.15) is 5.82 Å². The van der Waals surface area contributed by atoms with Crippen LogP contribution in [0.15, 0.2) is 42.5 Å². The Hall–Kier alpha value is -1.87. The van der Waals surface area contributed by atoms with Crippen LogP contribution >= 0.6 is 11.6 Å². The summed E-state index contributed by atoms with van der Waals surface area (Å²) in [6, 6.07) is 11.8. The topological polar surface area (TPSA) is 29.1 Å². The van der Waals surface area contributed by atoms with Gasteiger partial charge in [0, 0.05) is 0 Å². The molecule has 0 heterocycles. The fourth-order valence-electron chi connectivity index (χ4n) is 1.92. The van der Waals surface area contributed by atoms with Crippen molar-refractivity contribution in [1.82, 2.24) is 5.32 Å². The molecule has 0 aromatic heterocycles. The van der Waals surface area contributed by atoms with E-state index < -0.39 is 11.7 Å². The van der Waals surface area contributed by atoms with Crippen molar-refractivity contribution in [2.75, 3.05) is 0 Å². The van der Waals surface area contributed by atoms with Crippen molar-refractivity contribution in [1.29, 1.82) is 0 Å². The molecule has 0 aliphatic heterocycles. The van der Waals surface area contributed by atoms with E-state index in [-0.39, 0.29) is 16.6 Å². The molecule has 1 amide bonds. The van der Waals surface area contributed by atoms with Gasteiger partial charge in [-0.15, -0.1) is 0 Å². The van der Waals surface area contributed by atoms with Crippen molar-refractivity contribution in [2.24, 2.45) is 0 Å². The van der Waals surface area contributed by atoms with Gasteiger partial charge in [0.15, 0.2) is 0 Å². The summed E-state index contributed by atoms with van der Waals surface area (Å²) >= 11 is 5.87. The van der Waals surface area contributed by atoms with Crippen molar-refractivity contribution in [3.05, 3.63) is 70.0 Å². The molecule has 2 aromatic rings. The van der Waals surface area contributed by atoms with Crippen molar-refractivity contribution >= 4 is 17.5 Å². The minimum atomic E-state index is -0.619. The first-order valence-corrected chi connectivity index (χ1v) is 6.68. The molecular weight excluding hydrogens is 277 g/mol. The number of nitrogens with one attached hydrogen (secondary N) is 1. The smallest absolute Gasteiger partial charge is 0.256 e. The standard InChI is InChI=1S/C16H15ClFNO/c1-10-6-8-12(9-7-10)11(2)19-16(20)15-13(17)4-3-5-14(15)18/h3-9,11H,1-2H3,(H,19,20). The molecule has 2 rings (SSSR count). The Morgan fingerprint density at radius 1 is 1.20 bits per heavy atom. The summed E-state index contributed by atoms with van der Waals surface area (Å²) in [5.74, 6) is -1.13. The number of hydrogen-bond acceptors (Lipinski definition) is 1. The molecule has 0 fully saturated rings. The maximum atomic E-state index is 13.7. The third kappa shape index (κ3) is 3.17. The fraction of sp³-hybridized carbons (Fsp3) is 0.188. The van der Waals surface area contributed by atoms with Crippen molar-refractivity contribution < 1.29 is 9.18 Å². The normalized spacial score (nSPS) is 12.0. The van der Waals surface area contributed by atoms with Crippen LogP contribution in [0.25, 0.3) is 0 Å². The lowest BCUT2D eigenvalue weighted by Crippen LogP contribution is -2.27. The number of hydrogen-bond donors (Lipinski definition) is 1. The lowest BCUT2D eigenvalue weighted by atomic mass is 10.1. The molecule has 0 aliphatic carbocycles. The first-order chi connectivity index (χ1) is 9.49. The van der Waals surface area contributed by atoms with E-state index >= 15 is 0 Å². The van der Waals surface area contributed by atoms with Crippen LogP contribution in [-0.2, 0) is 0 Å². The maximum Gasteiger partial charge on any atom is 0.256 e. The lowest BCUT2D eigenvalue weighted by Gasteiger charge is -2.15. The molecule has 0 saturated heterocycles. The number of halogens is 2. The Balaban J connectivity index is 2.17. The molecule has 1 unspecified atom stereocenters. The molecule has 0 saturated carbocycles. The van der Waals surface area contributed by atoms with E-state index in [1.54, 1.807) is 0 Å². The predicted octanol–water partition coefficient (Wildman–Crippen LogP) is 4.28. The number of carbonyl (C=O) groups excluding carboxylic acids is 1. The first-order valence-electron chi connectivity index (χ1n) is 6.30. The molecule has 104 valence electrons. The second-order valence-electron chi connectivity index (χ2n) is 4.70. The Morgan fingerprint density at radius 2 is 1.85 bits per heavy atom. The summed E-state index contributed by atoms with van der Waals surface area (Å²) < 4.78 is 13.7. The summed E-state index contributed by atoms with van der Waals surface area (Å²) in [6.45, 7) is 3.84. The Morgan fingerprint density at radius 3 is 2.45 bits per heavy atom. The summed E-state index contributed by atoms with van der Waals surface area (Å²) in [7, 11) is 0.